The first-order valence-corrected chi connectivity index (χ1v) is 6.20. The van der Waals surface area contributed by atoms with Crippen LogP contribution in [0.4, 0.5) is 0 Å². The molecule has 0 bridgehead atoms. The third-order valence-corrected chi connectivity index (χ3v) is 3.42. The van der Waals surface area contributed by atoms with Crippen molar-refractivity contribution in [2.45, 2.75) is 45.7 Å². The Labute approximate surface area is 104 Å². The standard InChI is InChI=1S/C14H23NO2/c1-5-6-10(2)15(4)11(3)12-7-13(16)9-14(17)8-12/h7-11,16-17H,5-6H2,1-4H3. The van der Waals surface area contributed by atoms with Crippen molar-refractivity contribution in [3.8, 4) is 11.5 Å². The van der Waals surface area contributed by atoms with Gasteiger partial charge in [-0.25, -0.2) is 0 Å². The summed E-state index contributed by atoms with van der Waals surface area (Å²) in [7, 11) is 2.08. The minimum Gasteiger partial charge on any atom is -0.508 e. The van der Waals surface area contributed by atoms with E-state index < -0.39 is 0 Å². The summed E-state index contributed by atoms with van der Waals surface area (Å²) < 4.78 is 0. The Morgan fingerprint density at radius 3 is 2.12 bits per heavy atom. The van der Waals surface area contributed by atoms with Crippen molar-refractivity contribution in [2.24, 2.45) is 0 Å². The average molecular weight is 237 g/mol. The second kappa shape index (κ2) is 5.92. The van der Waals surface area contributed by atoms with Gasteiger partial charge in [-0.1, -0.05) is 13.3 Å². The summed E-state index contributed by atoms with van der Waals surface area (Å²) >= 11 is 0. The average Bonchev–Trinajstić information content (AvgIpc) is 2.26. The Balaban J connectivity index is 2.84. The van der Waals surface area contributed by atoms with Crippen LogP contribution in [0.25, 0.3) is 0 Å². The molecule has 1 rings (SSSR count). The Bertz CT molecular complexity index is 345. The molecular formula is C14H23NO2. The Kier molecular flexibility index (Phi) is 4.82. The zero-order valence-corrected chi connectivity index (χ0v) is 11.1. The summed E-state index contributed by atoms with van der Waals surface area (Å²) in [4.78, 5) is 2.26. The Hall–Kier alpha value is -1.22. The number of phenolic OH excluding ortho intramolecular Hbond substituents is 2. The fourth-order valence-corrected chi connectivity index (χ4v) is 2.10. The zero-order valence-electron chi connectivity index (χ0n) is 11.1. The van der Waals surface area contributed by atoms with Crippen LogP contribution in [0.5, 0.6) is 11.5 Å². The molecule has 1 aromatic carbocycles. The molecule has 0 amide bonds. The third-order valence-electron chi connectivity index (χ3n) is 3.42. The van der Waals surface area contributed by atoms with Crippen molar-refractivity contribution in [2.75, 3.05) is 7.05 Å². The predicted octanol–water partition coefficient (Wildman–Crippen LogP) is 3.28. The quantitative estimate of drug-likeness (QED) is 0.826. The fraction of sp³-hybridized carbons (Fsp3) is 0.571. The molecule has 17 heavy (non-hydrogen) atoms. The van der Waals surface area contributed by atoms with Gasteiger partial charge in [0.2, 0.25) is 0 Å². The van der Waals surface area contributed by atoms with E-state index in [0.717, 1.165) is 18.4 Å². The van der Waals surface area contributed by atoms with Crippen LogP contribution in [0.15, 0.2) is 18.2 Å². The maximum atomic E-state index is 9.49. The van der Waals surface area contributed by atoms with E-state index in [2.05, 4.69) is 32.7 Å². The van der Waals surface area contributed by atoms with Gasteiger partial charge in [0.1, 0.15) is 11.5 Å². The molecule has 0 saturated heterocycles. The Morgan fingerprint density at radius 1 is 1.12 bits per heavy atom. The van der Waals surface area contributed by atoms with Crippen LogP contribution < -0.4 is 0 Å². The lowest BCUT2D eigenvalue weighted by atomic mass is 10.0. The molecule has 2 N–H and O–H groups in total. The first-order chi connectivity index (χ1) is 7.95. The maximum Gasteiger partial charge on any atom is 0.119 e. The molecule has 96 valence electrons. The first-order valence-electron chi connectivity index (χ1n) is 6.20. The molecule has 0 heterocycles. The van der Waals surface area contributed by atoms with Gasteiger partial charge in [0.25, 0.3) is 0 Å². The van der Waals surface area contributed by atoms with E-state index in [1.165, 1.54) is 6.07 Å². The van der Waals surface area contributed by atoms with E-state index in [-0.39, 0.29) is 17.5 Å². The number of benzene rings is 1. The van der Waals surface area contributed by atoms with E-state index in [1.807, 2.05) is 0 Å². The van der Waals surface area contributed by atoms with Crippen molar-refractivity contribution in [1.82, 2.24) is 4.90 Å². The van der Waals surface area contributed by atoms with Crippen molar-refractivity contribution in [3.63, 3.8) is 0 Å². The minimum atomic E-state index is 0.114. The summed E-state index contributed by atoms with van der Waals surface area (Å²) in [5.41, 5.74) is 0.938. The topological polar surface area (TPSA) is 43.7 Å². The highest BCUT2D eigenvalue weighted by molar-refractivity contribution is 5.37. The largest absolute Gasteiger partial charge is 0.508 e. The van der Waals surface area contributed by atoms with Crippen LogP contribution in [0.3, 0.4) is 0 Å². The molecule has 1 aromatic rings. The first kappa shape index (κ1) is 13.8. The molecule has 2 unspecified atom stereocenters. The van der Waals surface area contributed by atoms with Gasteiger partial charge in [0.05, 0.1) is 0 Å². The lowest BCUT2D eigenvalue weighted by molar-refractivity contribution is 0.187. The molecular weight excluding hydrogens is 214 g/mol. The molecule has 0 aliphatic rings. The van der Waals surface area contributed by atoms with E-state index in [0.29, 0.717) is 6.04 Å². The highest BCUT2D eigenvalue weighted by Crippen LogP contribution is 2.28. The number of hydrogen-bond donors (Lipinski definition) is 2. The van der Waals surface area contributed by atoms with E-state index in [1.54, 1.807) is 12.1 Å². The fourth-order valence-electron chi connectivity index (χ4n) is 2.10. The van der Waals surface area contributed by atoms with Gasteiger partial charge >= 0.3 is 0 Å². The van der Waals surface area contributed by atoms with Gasteiger partial charge in [-0.3, -0.25) is 4.90 Å². The molecule has 3 heteroatoms. The summed E-state index contributed by atoms with van der Waals surface area (Å²) in [6.45, 7) is 6.46. The summed E-state index contributed by atoms with van der Waals surface area (Å²) in [5.74, 6) is 0.229. The van der Waals surface area contributed by atoms with Gasteiger partial charge in [0, 0.05) is 18.2 Å². The van der Waals surface area contributed by atoms with Crippen molar-refractivity contribution in [1.29, 1.82) is 0 Å². The molecule has 0 aliphatic heterocycles. The predicted molar refractivity (Wildman–Crippen MR) is 70.3 cm³/mol. The van der Waals surface area contributed by atoms with Crippen LogP contribution in [-0.4, -0.2) is 28.2 Å². The van der Waals surface area contributed by atoms with Crippen molar-refractivity contribution in [3.05, 3.63) is 23.8 Å². The highest BCUT2D eigenvalue weighted by atomic mass is 16.3. The molecule has 2 atom stereocenters. The maximum absolute atomic E-state index is 9.49. The monoisotopic (exact) mass is 237 g/mol. The van der Waals surface area contributed by atoms with E-state index >= 15 is 0 Å². The summed E-state index contributed by atoms with van der Waals surface area (Å²) in [6, 6.07) is 5.43. The zero-order chi connectivity index (χ0) is 13.0. The number of nitrogens with zero attached hydrogens (tertiary/aromatic N) is 1. The second-order valence-corrected chi connectivity index (χ2v) is 4.76. The van der Waals surface area contributed by atoms with Crippen molar-refractivity contribution < 1.29 is 10.2 Å². The van der Waals surface area contributed by atoms with Crippen LogP contribution in [0.2, 0.25) is 0 Å². The third kappa shape index (κ3) is 3.63. The minimum absolute atomic E-state index is 0.114. The van der Waals surface area contributed by atoms with Crippen LogP contribution >= 0.6 is 0 Å². The van der Waals surface area contributed by atoms with Crippen LogP contribution in [0, 0.1) is 0 Å². The highest BCUT2D eigenvalue weighted by Gasteiger charge is 2.17. The van der Waals surface area contributed by atoms with Gasteiger partial charge < -0.3 is 10.2 Å². The molecule has 0 saturated carbocycles. The van der Waals surface area contributed by atoms with Gasteiger partial charge in [-0.15, -0.1) is 0 Å². The SMILES string of the molecule is CCCC(C)N(C)C(C)c1cc(O)cc(O)c1. The summed E-state index contributed by atoms with van der Waals surface area (Å²) in [6.07, 6.45) is 2.30. The molecule has 0 radical (unpaired) electrons. The molecule has 0 aromatic heterocycles. The Morgan fingerprint density at radius 2 is 1.65 bits per heavy atom. The van der Waals surface area contributed by atoms with Gasteiger partial charge in [0.15, 0.2) is 0 Å². The van der Waals surface area contributed by atoms with Gasteiger partial charge in [-0.2, -0.15) is 0 Å². The smallest absolute Gasteiger partial charge is 0.119 e. The van der Waals surface area contributed by atoms with Crippen LogP contribution in [-0.2, 0) is 0 Å². The normalized spacial score (nSPS) is 14.9. The molecule has 3 nitrogen and oxygen atoms in total. The number of aromatic hydroxyl groups is 2. The van der Waals surface area contributed by atoms with E-state index in [9.17, 15) is 10.2 Å². The summed E-state index contributed by atoms with van der Waals surface area (Å²) in [5, 5.41) is 19.0. The van der Waals surface area contributed by atoms with Gasteiger partial charge in [-0.05, 0) is 45.0 Å². The number of rotatable bonds is 5. The lowest BCUT2D eigenvalue weighted by Crippen LogP contribution is -2.31. The lowest BCUT2D eigenvalue weighted by Gasteiger charge is -2.31. The number of phenols is 2. The second-order valence-electron chi connectivity index (χ2n) is 4.76. The van der Waals surface area contributed by atoms with E-state index in [4.69, 9.17) is 0 Å². The van der Waals surface area contributed by atoms with Crippen molar-refractivity contribution >= 4 is 0 Å². The molecule has 0 aliphatic carbocycles. The van der Waals surface area contributed by atoms with Crippen LogP contribution in [0.1, 0.15) is 45.2 Å². The number of hydrogen-bond acceptors (Lipinski definition) is 3. The molecule has 0 fully saturated rings. The molecule has 0 spiro atoms.